The van der Waals surface area contributed by atoms with Gasteiger partial charge in [0.15, 0.2) is 11.6 Å². The summed E-state index contributed by atoms with van der Waals surface area (Å²) in [6.45, 7) is 0.526. The molecule has 0 aliphatic carbocycles. The Bertz CT molecular complexity index is 826. The number of pyridine rings is 1. The molecule has 118 valence electrons. The molecule has 0 aliphatic heterocycles. The zero-order chi connectivity index (χ0) is 16.1. The summed E-state index contributed by atoms with van der Waals surface area (Å²) >= 11 is 0. The molecule has 3 aromatic rings. The summed E-state index contributed by atoms with van der Waals surface area (Å²) in [4.78, 5) is 4.32. The number of methoxy groups -OCH3 is 1. The summed E-state index contributed by atoms with van der Waals surface area (Å²) in [5.74, 6) is 1.98. The van der Waals surface area contributed by atoms with E-state index in [4.69, 9.17) is 10.5 Å². The third kappa shape index (κ3) is 3.57. The fraction of sp³-hybridized carbons (Fsp3) is 0.188. The van der Waals surface area contributed by atoms with Crippen molar-refractivity contribution >= 4 is 17.3 Å². The quantitative estimate of drug-likeness (QED) is 0.553. The number of hydrogen-bond acceptors (Lipinski definition) is 4. The molecule has 0 radical (unpaired) electrons. The Kier molecular flexibility index (Phi) is 4.37. The number of aromatic nitrogens is 3. The maximum Gasteiger partial charge on any atom is 0.193 e. The van der Waals surface area contributed by atoms with Gasteiger partial charge in [0.25, 0.3) is 0 Å². The number of rotatable bonds is 5. The van der Waals surface area contributed by atoms with Gasteiger partial charge >= 0.3 is 0 Å². The molecule has 23 heavy (non-hydrogen) atoms. The lowest BCUT2D eigenvalue weighted by molar-refractivity contribution is 0.415. The molecule has 3 N–H and O–H groups in total. The van der Waals surface area contributed by atoms with E-state index in [1.54, 1.807) is 7.11 Å². The Morgan fingerprint density at radius 2 is 2.17 bits per heavy atom. The number of benzene rings is 1. The van der Waals surface area contributed by atoms with E-state index in [9.17, 15) is 0 Å². The van der Waals surface area contributed by atoms with Crippen LogP contribution in [-0.2, 0) is 6.42 Å². The second-order valence-electron chi connectivity index (χ2n) is 4.92. The molecule has 2 heterocycles. The van der Waals surface area contributed by atoms with E-state index < -0.39 is 0 Å². The first-order valence-electron chi connectivity index (χ1n) is 7.26. The Morgan fingerprint density at radius 1 is 1.26 bits per heavy atom. The fourth-order valence-corrected chi connectivity index (χ4v) is 2.23. The molecule has 3 rings (SSSR count). The lowest BCUT2D eigenvalue weighted by Gasteiger charge is -2.07. The highest BCUT2D eigenvalue weighted by atomic mass is 16.5. The van der Waals surface area contributed by atoms with Gasteiger partial charge in [-0.15, -0.1) is 10.2 Å². The van der Waals surface area contributed by atoms with Gasteiger partial charge in [-0.3, -0.25) is 9.39 Å². The average molecular weight is 310 g/mol. The van der Waals surface area contributed by atoms with E-state index in [0.29, 0.717) is 18.9 Å². The molecule has 0 spiro atoms. The summed E-state index contributed by atoms with van der Waals surface area (Å²) in [5, 5.41) is 11.3. The molecule has 7 heteroatoms. The van der Waals surface area contributed by atoms with E-state index in [1.165, 1.54) is 0 Å². The number of fused-ring (bicyclic) bond motifs is 1. The average Bonchev–Trinajstić information content (AvgIpc) is 2.98. The van der Waals surface area contributed by atoms with Gasteiger partial charge in [0.1, 0.15) is 11.6 Å². The maximum absolute atomic E-state index is 5.90. The highest BCUT2D eigenvalue weighted by molar-refractivity contribution is 5.92. The monoisotopic (exact) mass is 310 g/mol. The number of aliphatic imine (C=N–C) groups is 1. The first-order valence-corrected chi connectivity index (χ1v) is 7.26. The van der Waals surface area contributed by atoms with Gasteiger partial charge in [-0.05, 0) is 24.3 Å². The summed E-state index contributed by atoms with van der Waals surface area (Å²) in [7, 11) is 1.62. The van der Waals surface area contributed by atoms with Crippen LogP contribution in [-0.4, -0.2) is 34.2 Å². The number of ether oxygens (including phenoxy) is 1. The summed E-state index contributed by atoms with van der Waals surface area (Å²) in [6.07, 6.45) is 2.60. The summed E-state index contributed by atoms with van der Waals surface area (Å²) in [6, 6.07) is 13.3. The van der Waals surface area contributed by atoms with Crippen molar-refractivity contribution in [1.82, 2.24) is 14.6 Å². The molecule has 0 atom stereocenters. The minimum Gasteiger partial charge on any atom is -0.497 e. The van der Waals surface area contributed by atoms with Crippen LogP contribution in [0.1, 0.15) is 5.82 Å². The highest BCUT2D eigenvalue weighted by Crippen LogP contribution is 2.16. The topological polar surface area (TPSA) is 89.8 Å². The van der Waals surface area contributed by atoms with Crippen LogP contribution in [0.15, 0.2) is 53.7 Å². The Hall–Kier alpha value is -3.09. The summed E-state index contributed by atoms with van der Waals surface area (Å²) in [5.41, 5.74) is 7.56. The van der Waals surface area contributed by atoms with Crippen LogP contribution in [0, 0.1) is 0 Å². The molecule has 0 unspecified atom stereocenters. The minimum absolute atomic E-state index is 0.354. The molecule has 2 aromatic heterocycles. The van der Waals surface area contributed by atoms with E-state index in [1.807, 2.05) is 53.1 Å². The predicted octanol–water partition coefficient (Wildman–Crippen LogP) is 1.71. The molecular weight excluding hydrogens is 292 g/mol. The molecule has 0 saturated heterocycles. The molecule has 0 fully saturated rings. The Labute approximate surface area is 133 Å². The SMILES string of the molecule is COc1cccc(NC(N)=NCCc2nnc3ccccn23)c1. The van der Waals surface area contributed by atoms with Crippen molar-refractivity contribution in [2.24, 2.45) is 10.7 Å². The number of hydrogen-bond donors (Lipinski definition) is 2. The highest BCUT2D eigenvalue weighted by Gasteiger charge is 2.03. The first kappa shape index (κ1) is 14.8. The standard InChI is InChI=1S/C16H18N6O/c1-23-13-6-4-5-12(11-13)19-16(17)18-9-8-15-21-20-14-7-2-3-10-22(14)15/h2-7,10-11H,8-9H2,1H3,(H3,17,18,19). The van der Waals surface area contributed by atoms with Gasteiger partial charge in [-0.2, -0.15) is 0 Å². The molecule has 7 nitrogen and oxygen atoms in total. The van der Waals surface area contributed by atoms with E-state index >= 15 is 0 Å². The Balaban J connectivity index is 1.61. The molecule has 0 saturated carbocycles. The van der Waals surface area contributed by atoms with Crippen LogP contribution in [0.25, 0.3) is 5.65 Å². The van der Waals surface area contributed by atoms with Crippen molar-refractivity contribution in [3.05, 3.63) is 54.5 Å². The molecule has 0 amide bonds. The largest absolute Gasteiger partial charge is 0.497 e. The van der Waals surface area contributed by atoms with Crippen LogP contribution in [0.3, 0.4) is 0 Å². The summed E-state index contributed by atoms with van der Waals surface area (Å²) < 4.78 is 7.11. The molecule has 0 bridgehead atoms. The maximum atomic E-state index is 5.90. The third-order valence-corrected chi connectivity index (χ3v) is 3.34. The van der Waals surface area contributed by atoms with Gasteiger partial charge in [0.2, 0.25) is 0 Å². The first-order chi connectivity index (χ1) is 11.3. The van der Waals surface area contributed by atoms with Crippen molar-refractivity contribution in [2.45, 2.75) is 6.42 Å². The number of nitrogens with zero attached hydrogens (tertiary/aromatic N) is 4. The number of nitrogens with one attached hydrogen (secondary N) is 1. The van der Waals surface area contributed by atoms with Crippen molar-refractivity contribution in [3.63, 3.8) is 0 Å². The van der Waals surface area contributed by atoms with E-state index in [-0.39, 0.29) is 0 Å². The normalized spacial score (nSPS) is 11.6. The van der Waals surface area contributed by atoms with Gasteiger partial charge in [-0.1, -0.05) is 12.1 Å². The van der Waals surface area contributed by atoms with E-state index in [0.717, 1.165) is 22.9 Å². The molecule has 0 aliphatic rings. The lowest BCUT2D eigenvalue weighted by Crippen LogP contribution is -2.23. The van der Waals surface area contributed by atoms with Crippen LogP contribution in [0.2, 0.25) is 0 Å². The van der Waals surface area contributed by atoms with Crippen molar-refractivity contribution in [3.8, 4) is 5.75 Å². The van der Waals surface area contributed by atoms with Crippen molar-refractivity contribution in [2.75, 3.05) is 19.0 Å². The fourth-order valence-electron chi connectivity index (χ4n) is 2.23. The molecular formula is C16H18N6O. The van der Waals surface area contributed by atoms with Crippen LogP contribution in [0.5, 0.6) is 5.75 Å². The Morgan fingerprint density at radius 3 is 3.04 bits per heavy atom. The smallest absolute Gasteiger partial charge is 0.193 e. The number of anilines is 1. The van der Waals surface area contributed by atoms with Gasteiger partial charge in [0, 0.05) is 30.9 Å². The second kappa shape index (κ2) is 6.78. The zero-order valence-electron chi connectivity index (χ0n) is 12.8. The number of nitrogens with two attached hydrogens (primary N) is 1. The van der Waals surface area contributed by atoms with Crippen molar-refractivity contribution < 1.29 is 4.74 Å². The minimum atomic E-state index is 0.354. The number of guanidine groups is 1. The van der Waals surface area contributed by atoms with Crippen LogP contribution >= 0.6 is 0 Å². The van der Waals surface area contributed by atoms with E-state index in [2.05, 4.69) is 20.5 Å². The third-order valence-electron chi connectivity index (χ3n) is 3.34. The lowest BCUT2D eigenvalue weighted by atomic mass is 10.3. The van der Waals surface area contributed by atoms with Crippen LogP contribution < -0.4 is 15.8 Å². The molecule has 1 aromatic carbocycles. The van der Waals surface area contributed by atoms with Crippen LogP contribution in [0.4, 0.5) is 5.69 Å². The van der Waals surface area contributed by atoms with Gasteiger partial charge in [0.05, 0.1) is 7.11 Å². The van der Waals surface area contributed by atoms with Crippen molar-refractivity contribution in [1.29, 1.82) is 0 Å². The van der Waals surface area contributed by atoms with Gasteiger partial charge < -0.3 is 15.8 Å². The zero-order valence-corrected chi connectivity index (χ0v) is 12.8. The predicted molar refractivity (Wildman–Crippen MR) is 89.8 cm³/mol. The second-order valence-corrected chi connectivity index (χ2v) is 4.92. The van der Waals surface area contributed by atoms with Gasteiger partial charge in [-0.25, -0.2) is 0 Å².